The minimum absolute atomic E-state index is 0.528. The molecular weight excluding hydrogens is 236 g/mol. The Kier molecular flexibility index (Phi) is 3.51. The molecule has 100 valence electrons. The summed E-state index contributed by atoms with van der Waals surface area (Å²) in [6.07, 6.45) is 7.49. The summed E-state index contributed by atoms with van der Waals surface area (Å²) >= 11 is 0. The lowest BCUT2D eigenvalue weighted by Gasteiger charge is -2.20. The third-order valence-electron chi connectivity index (χ3n) is 3.95. The molecule has 2 atom stereocenters. The lowest BCUT2D eigenvalue weighted by Crippen LogP contribution is -2.29. The van der Waals surface area contributed by atoms with E-state index in [-0.39, 0.29) is 0 Å². The molecule has 19 heavy (non-hydrogen) atoms. The number of anilines is 1. The number of hydrogen-bond acceptors (Lipinski definition) is 3. The van der Waals surface area contributed by atoms with Gasteiger partial charge in [-0.3, -0.25) is 0 Å². The minimum Gasteiger partial charge on any atom is -0.382 e. The van der Waals surface area contributed by atoms with Gasteiger partial charge >= 0.3 is 0 Å². The van der Waals surface area contributed by atoms with Gasteiger partial charge in [0.2, 0.25) is 0 Å². The number of nitrogens with zero attached hydrogens (tertiary/aromatic N) is 2. The summed E-state index contributed by atoms with van der Waals surface area (Å²) in [6.45, 7) is 0.781. The molecule has 1 fully saturated rings. The molecule has 0 bridgehead atoms. The topological polar surface area (TPSA) is 55.9 Å². The Labute approximate surface area is 113 Å². The van der Waals surface area contributed by atoms with E-state index in [1.165, 1.54) is 24.9 Å². The number of hydrogen-bond donors (Lipinski definition) is 2. The Morgan fingerprint density at radius 3 is 2.79 bits per heavy atom. The van der Waals surface area contributed by atoms with Crippen LogP contribution in [0.1, 0.15) is 19.3 Å². The molecule has 2 aromatic rings. The Morgan fingerprint density at radius 2 is 2.11 bits per heavy atom. The highest BCUT2D eigenvalue weighted by Gasteiger charge is 2.25. The van der Waals surface area contributed by atoms with Crippen molar-refractivity contribution in [2.45, 2.75) is 25.3 Å². The molecule has 4 heteroatoms. The molecule has 0 spiro atoms. The van der Waals surface area contributed by atoms with Gasteiger partial charge in [-0.05, 0) is 55.6 Å². The van der Waals surface area contributed by atoms with Crippen molar-refractivity contribution in [3.8, 4) is 5.69 Å². The normalized spacial score (nSPS) is 22.6. The maximum absolute atomic E-state index is 5.81. The van der Waals surface area contributed by atoms with E-state index in [9.17, 15) is 0 Å². The summed E-state index contributed by atoms with van der Waals surface area (Å²) in [5.41, 5.74) is 8.06. The number of aromatic nitrogens is 2. The zero-order valence-corrected chi connectivity index (χ0v) is 11.0. The van der Waals surface area contributed by atoms with Crippen LogP contribution in [-0.2, 0) is 0 Å². The third-order valence-corrected chi connectivity index (χ3v) is 3.95. The van der Waals surface area contributed by atoms with Crippen molar-refractivity contribution < 1.29 is 0 Å². The van der Waals surface area contributed by atoms with Gasteiger partial charge in [0, 0.05) is 24.1 Å². The van der Waals surface area contributed by atoms with E-state index < -0.39 is 0 Å². The first kappa shape index (κ1) is 12.2. The summed E-state index contributed by atoms with van der Waals surface area (Å²) in [7, 11) is 0. The van der Waals surface area contributed by atoms with Crippen LogP contribution < -0.4 is 11.1 Å². The molecule has 1 aliphatic carbocycles. The quantitative estimate of drug-likeness (QED) is 0.883. The summed E-state index contributed by atoms with van der Waals surface area (Å²) < 4.78 is 1.86. The molecule has 0 amide bonds. The van der Waals surface area contributed by atoms with Crippen LogP contribution in [0.5, 0.6) is 0 Å². The molecule has 1 heterocycles. The molecular formula is C15H20N4. The fraction of sp³-hybridized carbons (Fsp3) is 0.400. The Bertz CT molecular complexity index is 503. The zero-order valence-electron chi connectivity index (χ0n) is 11.0. The minimum atomic E-state index is 0.528. The fourth-order valence-electron chi connectivity index (χ4n) is 2.85. The van der Waals surface area contributed by atoms with Gasteiger partial charge in [-0.1, -0.05) is 6.42 Å². The van der Waals surface area contributed by atoms with Crippen molar-refractivity contribution in [2.75, 3.05) is 11.9 Å². The highest BCUT2D eigenvalue weighted by molar-refractivity contribution is 5.49. The smallest absolute Gasteiger partial charge is 0.0647 e. The van der Waals surface area contributed by atoms with E-state index >= 15 is 0 Å². The van der Waals surface area contributed by atoms with Crippen LogP contribution in [0.3, 0.4) is 0 Å². The van der Waals surface area contributed by atoms with Gasteiger partial charge in [-0.15, -0.1) is 0 Å². The summed E-state index contributed by atoms with van der Waals surface area (Å²) in [6, 6.07) is 10.9. The average molecular weight is 256 g/mol. The van der Waals surface area contributed by atoms with Gasteiger partial charge in [-0.25, -0.2) is 4.68 Å². The van der Waals surface area contributed by atoms with E-state index in [1.54, 1.807) is 6.20 Å². The number of rotatable bonds is 4. The molecule has 1 saturated carbocycles. The standard InChI is InChI=1S/C15H20N4/c16-11-12-3-1-4-15(12)18-13-5-7-14(8-6-13)19-10-2-9-17-19/h2,5-10,12,15,18H,1,3-4,11,16H2. The summed E-state index contributed by atoms with van der Waals surface area (Å²) in [4.78, 5) is 0. The molecule has 0 saturated heterocycles. The van der Waals surface area contributed by atoms with Gasteiger partial charge < -0.3 is 11.1 Å². The van der Waals surface area contributed by atoms with Crippen molar-refractivity contribution in [3.63, 3.8) is 0 Å². The Hall–Kier alpha value is -1.81. The third kappa shape index (κ3) is 2.63. The highest BCUT2D eigenvalue weighted by atomic mass is 15.3. The highest BCUT2D eigenvalue weighted by Crippen LogP contribution is 2.28. The molecule has 3 rings (SSSR count). The van der Waals surface area contributed by atoms with Gasteiger partial charge in [-0.2, -0.15) is 5.10 Å². The zero-order chi connectivity index (χ0) is 13.1. The molecule has 1 aliphatic rings. The van der Waals surface area contributed by atoms with E-state index in [0.29, 0.717) is 12.0 Å². The average Bonchev–Trinajstić information content (AvgIpc) is 3.10. The second kappa shape index (κ2) is 5.45. The van der Waals surface area contributed by atoms with E-state index in [4.69, 9.17) is 5.73 Å². The van der Waals surface area contributed by atoms with Gasteiger partial charge in [0.1, 0.15) is 0 Å². The van der Waals surface area contributed by atoms with Crippen molar-refractivity contribution in [1.29, 1.82) is 0 Å². The predicted octanol–water partition coefficient (Wildman–Crippen LogP) is 2.41. The lowest BCUT2D eigenvalue weighted by atomic mass is 10.0. The van der Waals surface area contributed by atoms with Crippen molar-refractivity contribution >= 4 is 5.69 Å². The van der Waals surface area contributed by atoms with Crippen LogP contribution in [0.15, 0.2) is 42.7 Å². The van der Waals surface area contributed by atoms with Gasteiger partial charge in [0.05, 0.1) is 5.69 Å². The molecule has 0 radical (unpaired) electrons. The van der Waals surface area contributed by atoms with Crippen molar-refractivity contribution in [2.24, 2.45) is 11.7 Å². The fourth-order valence-corrected chi connectivity index (χ4v) is 2.85. The maximum Gasteiger partial charge on any atom is 0.0647 e. The summed E-state index contributed by atoms with van der Waals surface area (Å²) in [5, 5.41) is 7.83. The van der Waals surface area contributed by atoms with E-state index in [0.717, 1.165) is 12.2 Å². The van der Waals surface area contributed by atoms with E-state index in [2.05, 4.69) is 34.7 Å². The van der Waals surface area contributed by atoms with E-state index in [1.807, 2.05) is 16.9 Å². The maximum atomic E-state index is 5.81. The molecule has 0 aliphatic heterocycles. The van der Waals surface area contributed by atoms with Crippen LogP contribution in [0.2, 0.25) is 0 Å². The number of nitrogens with two attached hydrogens (primary N) is 1. The SMILES string of the molecule is NCC1CCCC1Nc1ccc(-n2cccn2)cc1. The first-order valence-electron chi connectivity index (χ1n) is 6.93. The molecule has 3 N–H and O–H groups in total. The van der Waals surface area contributed by atoms with Crippen LogP contribution >= 0.6 is 0 Å². The van der Waals surface area contributed by atoms with Gasteiger partial charge in [0.15, 0.2) is 0 Å². The second-order valence-corrected chi connectivity index (χ2v) is 5.18. The summed E-state index contributed by atoms with van der Waals surface area (Å²) in [5.74, 6) is 0.616. The second-order valence-electron chi connectivity index (χ2n) is 5.18. The number of benzene rings is 1. The van der Waals surface area contributed by atoms with Crippen LogP contribution in [-0.4, -0.2) is 22.4 Å². The molecule has 4 nitrogen and oxygen atoms in total. The molecule has 1 aromatic heterocycles. The monoisotopic (exact) mass is 256 g/mol. The molecule has 2 unspecified atom stereocenters. The number of nitrogens with one attached hydrogen (secondary N) is 1. The largest absolute Gasteiger partial charge is 0.382 e. The first-order chi connectivity index (χ1) is 9.36. The Morgan fingerprint density at radius 1 is 1.26 bits per heavy atom. The van der Waals surface area contributed by atoms with Gasteiger partial charge in [0.25, 0.3) is 0 Å². The molecule has 1 aromatic carbocycles. The first-order valence-corrected chi connectivity index (χ1v) is 6.93. The van der Waals surface area contributed by atoms with Crippen LogP contribution in [0.4, 0.5) is 5.69 Å². The van der Waals surface area contributed by atoms with Crippen molar-refractivity contribution in [3.05, 3.63) is 42.7 Å². The lowest BCUT2D eigenvalue weighted by molar-refractivity contribution is 0.516. The predicted molar refractivity (Wildman–Crippen MR) is 77.4 cm³/mol. The van der Waals surface area contributed by atoms with Crippen molar-refractivity contribution in [1.82, 2.24) is 9.78 Å². The Balaban J connectivity index is 1.69. The van der Waals surface area contributed by atoms with Crippen LogP contribution in [0, 0.1) is 5.92 Å². The van der Waals surface area contributed by atoms with Crippen LogP contribution in [0.25, 0.3) is 5.69 Å².